The Balaban J connectivity index is 1.60. The lowest BCUT2D eigenvalue weighted by Gasteiger charge is -2.33. The highest BCUT2D eigenvalue weighted by atomic mass is 16.1. The predicted molar refractivity (Wildman–Crippen MR) is 95.3 cm³/mol. The van der Waals surface area contributed by atoms with Gasteiger partial charge in [0, 0.05) is 38.8 Å². The van der Waals surface area contributed by atoms with Crippen molar-refractivity contribution in [2.75, 3.05) is 42.9 Å². The van der Waals surface area contributed by atoms with Crippen LogP contribution in [0.2, 0.25) is 0 Å². The van der Waals surface area contributed by atoms with Crippen molar-refractivity contribution < 1.29 is 4.79 Å². The largest absolute Gasteiger partial charge is 0.370 e. The Hall–Kier alpha value is -2.63. The monoisotopic (exact) mass is 325 g/mol. The van der Waals surface area contributed by atoms with E-state index in [-0.39, 0.29) is 0 Å². The summed E-state index contributed by atoms with van der Waals surface area (Å²) in [6.07, 6.45) is 1.87. The van der Waals surface area contributed by atoms with Gasteiger partial charge in [-0.1, -0.05) is 30.3 Å². The Morgan fingerprint density at radius 2 is 1.88 bits per heavy atom. The molecule has 1 amide bonds. The zero-order chi connectivity index (χ0) is 16.8. The van der Waals surface area contributed by atoms with E-state index in [1.807, 2.05) is 19.1 Å². The van der Waals surface area contributed by atoms with Gasteiger partial charge >= 0.3 is 0 Å². The zero-order valence-electron chi connectivity index (χ0n) is 14.0. The van der Waals surface area contributed by atoms with Crippen molar-refractivity contribution in [3.8, 4) is 0 Å². The molecule has 2 aromatic rings. The standard InChI is InChI=1S/C18H23N5O/c1-15-20-17(19-8-7-16-5-3-2-4-6-16)13-18(21-15)23-11-9-22(14-24)10-12-23/h2-6,13-14H,7-12H2,1H3,(H,19,20,21). The van der Waals surface area contributed by atoms with Crippen molar-refractivity contribution >= 4 is 18.0 Å². The molecule has 0 saturated carbocycles. The molecule has 126 valence electrons. The topological polar surface area (TPSA) is 61.4 Å². The Kier molecular flexibility index (Phi) is 5.25. The maximum atomic E-state index is 10.8. The molecule has 3 rings (SSSR count). The first-order chi connectivity index (χ1) is 11.7. The fraction of sp³-hybridized carbons (Fsp3) is 0.389. The number of rotatable bonds is 6. The number of nitrogens with one attached hydrogen (secondary N) is 1. The van der Waals surface area contributed by atoms with Crippen LogP contribution >= 0.6 is 0 Å². The van der Waals surface area contributed by atoms with Gasteiger partial charge in [-0.25, -0.2) is 9.97 Å². The van der Waals surface area contributed by atoms with E-state index in [9.17, 15) is 4.79 Å². The average Bonchev–Trinajstić information content (AvgIpc) is 2.62. The molecule has 1 aliphatic rings. The van der Waals surface area contributed by atoms with Crippen molar-refractivity contribution in [1.29, 1.82) is 0 Å². The van der Waals surface area contributed by atoms with Crippen LogP contribution in [0.25, 0.3) is 0 Å². The Morgan fingerprint density at radius 1 is 1.12 bits per heavy atom. The number of hydrogen-bond donors (Lipinski definition) is 1. The number of carbonyl (C=O) groups is 1. The van der Waals surface area contributed by atoms with Gasteiger partial charge in [0.25, 0.3) is 0 Å². The van der Waals surface area contributed by atoms with Gasteiger partial charge in [0.1, 0.15) is 17.5 Å². The summed E-state index contributed by atoms with van der Waals surface area (Å²) in [5.41, 5.74) is 1.31. The quantitative estimate of drug-likeness (QED) is 0.820. The van der Waals surface area contributed by atoms with Crippen LogP contribution in [0.15, 0.2) is 36.4 Å². The lowest BCUT2D eigenvalue weighted by molar-refractivity contribution is -0.118. The van der Waals surface area contributed by atoms with Gasteiger partial charge in [0.05, 0.1) is 0 Å². The molecular formula is C18H23N5O. The summed E-state index contributed by atoms with van der Waals surface area (Å²) in [6.45, 7) is 5.83. The Morgan fingerprint density at radius 3 is 2.58 bits per heavy atom. The number of aromatic nitrogens is 2. The lowest BCUT2D eigenvalue weighted by Crippen LogP contribution is -2.46. The third-order valence-electron chi connectivity index (χ3n) is 4.17. The minimum Gasteiger partial charge on any atom is -0.370 e. The van der Waals surface area contributed by atoms with Gasteiger partial charge < -0.3 is 15.1 Å². The van der Waals surface area contributed by atoms with Gasteiger partial charge in [0.15, 0.2) is 0 Å². The molecule has 1 saturated heterocycles. The molecule has 1 fully saturated rings. The summed E-state index contributed by atoms with van der Waals surface area (Å²) in [6, 6.07) is 12.4. The zero-order valence-corrected chi connectivity index (χ0v) is 14.0. The highest BCUT2D eigenvalue weighted by Gasteiger charge is 2.17. The highest BCUT2D eigenvalue weighted by Crippen LogP contribution is 2.17. The lowest BCUT2D eigenvalue weighted by atomic mass is 10.1. The number of benzene rings is 1. The average molecular weight is 325 g/mol. The second-order valence-electron chi connectivity index (χ2n) is 5.95. The van der Waals surface area contributed by atoms with E-state index in [1.165, 1.54) is 5.56 Å². The highest BCUT2D eigenvalue weighted by molar-refractivity contribution is 5.52. The summed E-state index contributed by atoms with van der Waals surface area (Å²) in [4.78, 5) is 23.8. The first kappa shape index (κ1) is 16.2. The van der Waals surface area contributed by atoms with Crippen LogP contribution in [0.4, 0.5) is 11.6 Å². The number of hydrogen-bond acceptors (Lipinski definition) is 5. The van der Waals surface area contributed by atoms with Crippen LogP contribution in [-0.4, -0.2) is 54.0 Å². The van der Waals surface area contributed by atoms with Crippen molar-refractivity contribution in [2.45, 2.75) is 13.3 Å². The summed E-state index contributed by atoms with van der Waals surface area (Å²) in [5, 5.41) is 3.39. The minimum atomic E-state index is 0.739. The van der Waals surface area contributed by atoms with E-state index < -0.39 is 0 Å². The summed E-state index contributed by atoms with van der Waals surface area (Å²) in [5.74, 6) is 2.54. The fourth-order valence-corrected chi connectivity index (χ4v) is 2.84. The third-order valence-corrected chi connectivity index (χ3v) is 4.17. The maximum Gasteiger partial charge on any atom is 0.209 e. The van der Waals surface area contributed by atoms with Crippen LogP contribution in [-0.2, 0) is 11.2 Å². The molecule has 0 unspecified atom stereocenters. The number of aryl methyl sites for hydroxylation is 1. The first-order valence-corrected chi connectivity index (χ1v) is 8.32. The molecule has 1 N–H and O–H groups in total. The number of nitrogens with zero attached hydrogens (tertiary/aromatic N) is 4. The second-order valence-corrected chi connectivity index (χ2v) is 5.95. The molecule has 0 aliphatic carbocycles. The van der Waals surface area contributed by atoms with Crippen LogP contribution in [0, 0.1) is 6.92 Å². The molecule has 1 aromatic carbocycles. The first-order valence-electron chi connectivity index (χ1n) is 8.32. The van der Waals surface area contributed by atoms with Crippen LogP contribution in [0.3, 0.4) is 0 Å². The second kappa shape index (κ2) is 7.77. The maximum absolute atomic E-state index is 10.8. The molecular weight excluding hydrogens is 302 g/mol. The van der Waals surface area contributed by atoms with Gasteiger partial charge in [0.2, 0.25) is 6.41 Å². The molecule has 24 heavy (non-hydrogen) atoms. The van der Waals surface area contributed by atoms with Crippen LogP contribution in [0.1, 0.15) is 11.4 Å². The molecule has 0 bridgehead atoms. The minimum absolute atomic E-state index is 0.739. The van der Waals surface area contributed by atoms with Gasteiger partial charge in [-0.3, -0.25) is 4.79 Å². The van der Waals surface area contributed by atoms with E-state index in [0.717, 1.165) is 63.0 Å². The van der Waals surface area contributed by atoms with Gasteiger partial charge in [-0.2, -0.15) is 0 Å². The van der Waals surface area contributed by atoms with Crippen molar-refractivity contribution in [3.05, 3.63) is 47.8 Å². The van der Waals surface area contributed by atoms with Crippen molar-refractivity contribution in [1.82, 2.24) is 14.9 Å². The molecule has 0 spiro atoms. The van der Waals surface area contributed by atoms with Crippen molar-refractivity contribution in [2.24, 2.45) is 0 Å². The SMILES string of the molecule is Cc1nc(NCCc2ccccc2)cc(N2CCN(C=O)CC2)n1. The van der Waals surface area contributed by atoms with E-state index in [4.69, 9.17) is 0 Å². The third kappa shape index (κ3) is 4.22. The van der Waals surface area contributed by atoms with E-state index in [0.29, 0.717) is 0 Å². The fourth-order valence-electron chi connectivity index (χ4n) is 2.84. The van der Waals surface area contributed by atoms with Gasteiger partial charge in [-0.05, 0) is 18.9 Å². The summed E-state index contributed by atoms with van der Waals surface area (Å²) >= 11 is 0. The van der Waals surface area contributed by atoms with Crippen LogP contribution in [0.5, 0.6) is 0 Å². The van der Waals surface area contributed by atoms with Gasteiger partial charge in [-0.15, -0.1) is 0 Å². The number of amides is 1. The normalized spacial score (nSPS) is 14.5. The van der Waals surface area contributed by atoms with Crippen LogP contribution < -0.4 is 10.2 Å². The van der Waals surface area contributed by atoms with Crippen molar-refractivity contribution in [3.63, 3.8) is 0 Å². The molecule has 6 nitrogen and oxygen atoms in total. The number of anilines is 2. The van der Waals surface area contributed by atoms with E-state index >= 15 is 0 Å². The molecule has 2 heterocycles. The number of carbonyl (C=O) groups excluding carboxylic acids is 1. The Bertz CT molecular complexity index is 668. The molecule has 1 aliphatic heterocycles. The predicted octanol–water partition coefficient (Wildman–Crippen LogP) is 1.72. The molecule has 0 radical (unpaired) electrons. The molecule has 6 heteroatoms. The Labute approximate surface area is 142 Å². The summed E-state index contributed by atoms with van der Waals surface area (Å²) < 4.78 is 0. The number of piperazine rings is 1. The molecule has 1 aromatic heterocycles. The van der Waals surface area contributed by atoms with E-state index in [2.05, 4.69) is 44.5 Å². The van der Waals surface area contributed by atoms with E-state index in [1.54, 1.807) is 4.90 Å². The smallest absolute Gasteiger partial charge is 0.209 e. The molecule has 0 atom stereocenters. The summed E-state index contributed by atoms with van der Waals surface area (Å²) in [7, 11) is 0.